The summed E-state index contributed by atoms with van der Waals surface area (Å²) in [5, 5.41) is 2.43. The van der Waals surface area contributed by atoms with Crippen LogP contribution in [-0.4, -0.2) is 30.9 Å². The smallest absolute Gasteiger partial charge is 0.335 e. The molecule has 0 aliphatic carbocycles. The summed E-state index contributed by atoms with van der Waals surface area (Å²) in [5.41, 5.74) is 1.83. The molecule has 0 unspecified atom stereocenters. The highest BCUT2D eigenvalue weighted by atomic mass is 35.5. The van der Waals surface area contributed by atoms with Gasteiger partial charge < -0.3 is 4.90 Å². The van der Waals surface area contributed by atoms with E-state index in [9.17, 15) is 14.4 Å². The molecule has 0 saturated carbocycles. The van der Waals surface area contributed by atoms with Gasteiger partial charge in [0.15, 0.2) is 0 Å². The molecular formula is C21H20ClN3O3. The summed E-state index contributed by atoms with van der Waals surface area (Å²) < 4.78 is 0. The lowest BCUT2D eigenvalue weighted by molar-refractivity contribution is -0.122. The van der Waals surface area contributed by atoms with Crippen LogP contribution in [0, 0.1) is 0 Å². The standard InChI is InChI=1S/C21H20ClN3O3/c1-3-24(4-2)15-11-9-14(10-12-15)13-16-19(26)23-21(28)25(20(16)27)18-8-6-5-7-17(18)22/h5-13H,3-4H2,1-2H3,(H,23,26,28). The number of rotatable bonds is 5. The number of benzene rings is 2. The lowest BCUT2D eigenvalue weighted by Gasteiger charge is -2.27. The average molecular weight is 398 g/mol. The summed E-state index contributed by atoms with van der Waals surface area (Å²) >= 11 is 6.12. The topological polar surface area (TPSA) is 69.7 Å². The van der Waals surface area contributed by atoms with Crippen molar-refractivity contribution in [3.05, 3.63) is 64.7 Å². The fraction of sp³-hybridized carbons (Fsp3) is 0.190. The molecule has 28 heavy (non-hydrogen) atoms. The zero-order valence-corrected chi connectivity index (χ0v) is 16.4. The molecule has 1 fully saturated rings. The van der Waals surface area contributed by atoms with Gasteiger partial charge in [0.2, 0.25) is 0 Å². The van der Waals surface area contributed by atoms with Gasteiger partial charge in [-0.25, -0.2) is 9.69 Å². The Morgan fingerprint density at radius 1 is 1.00 bits per heavy atom. The zero-order chi connectivity index (χ0) is 20.3. The number of nitrogens with one attached hydrogen (secondary N) is 1. The van der Waals surface area contributed by atoms with Crippen molar-refractivity contribution in [3.8, 4) is 0 Å². The van der Waals surface area contributed by atoms with E-state index in [1.807, 2.05) is 24.3 Å². The molecule has 0 atom stereocenters. The number of carbonyl (C=O) groups excluding carboxylic acids is 3. The molecule has 0 bridgehead atoms. The van der Waals surface area contributed by atoms with Crippen molar-refractivity contribution < 1.29 is 14.4 Å². The maximum absolute atomic E-state index is 12.9. The number of para-hydroxylation sites is 1. The molecule has 7 heteroatoms. The highest BCUT2D eigenvalue weighted by Gasteiger charge is 2.37. The molecule has 1 aliphatic rings. The van der Waals surface area contributed by atoms with Gasteiger partial charge in [-0.1, -0.05) is 35.9 Å². The molecule has 1 saturated heterocycles. The third-order valence-corrected chi connectivity index (χ3v) is 4.85. The van der Waals surface area contributed by atoms with Crippen molar-refractivity contribution in [3.63, 3.8) is 0 Å². The van der Waals surface area contributed by atoms with Gasteiger partial charge in [0.1, 0.15) is 5.57 Å². The lowest BCUT2D eigenvalue weighted by atomic mass is 10.1. The van der Waals surface area contributed by atoms with Crippen LogP contribution in [0.15, 0.2) is 54.1 Å². The highest BCUT2D eigenvalue weighted by molar-refractivity contribution is 6.42. The maximum Gasteiger partial charge on any atom is 0.335 e. The van der Waals surface area contributed by atoms with E-state index in [1.165, 1.54) is 6.08 Å². The minimum absolute atomic E-state index is 0.130. The Morgan fingerprint density at radius 3 is 2.25 bits per heavy atom. The van der Waals surface area contributed by atoms with E-state index in [0.717, 1.165) is 23.7 Å². The number of nitrogens with zero attached hydrogens (tertiary/aromatic N) is 2. The van der Waals surface area contributed by atoms with Crippen molar-refractivity contribution in [2.75, 3.05) is 22.9 Å². The van der Waals surface area contributed by atoms with E-state index in [2.05, 4.69) is 24.1 Å². The van der Waals surface area contributed by atoms with Gasteiger partial charge in [-0.2, -0.15) is 0 Å². The highest BCUT2D eigenvalue weighted by Crippen LogP contribution is 2.29. The molecule has 1 aliphatic heterocycles. The van der Waals surface area contributed by atoms with Crippen LogP contribution in [0.5, 0.6) is 0 Å². The van der Waals surface area contributed by atoms with Gasteiger partial charge in [-0.15, -0.1) is 0 Å². The fourth-order valence-electron chi connectivity index (χ4n) is 3.05. The van der Waals surface area contributed by atoms with Crippen LogP contribution in [0.25, 0.3) is 6.08 Å². The predicted octanol–water partition coefficient (Wildman–Crippen LogP) is 3.85. The number of hydrogen-bond acceptors (Lipinski definition) is 4. The molecule has 4 amide bonds. The molecule has 0 spiro atoms. The van der Waals surface area contributed by atoms with Crippen LogP contribution >= 0.6 is 11.6 Å². The van der Waals surface area contributed by atoms with Gasteiger partial charge >= 0.3 is 6.03 Å². The van der Waals surface area contributed by atoms with Crippen molar-refractivity contribution in [2.45, 2.75) is 13.8 Å². The van der Waals surface area contributed by atoms with Crippen LogP contribution in [0.3, 0.4) is 0 Å². The lowest BCUT2D eigenvalue weighted by Crippen LogP contribution is -2.54. The molecule has 0 aromatic heterocycles. The van der Waals surface area contributed by atoms with Crippen molar-refractivity contribution >= 4 is 46.9 Å². The van der Waals surface area contributed by atoms with Gasteiger partial charge in [0.05, 0.1) is 10.7 Å². The number of hydrogen-bond donors (Lipinski definition) is 1. The fourth-order valence-corrected chi connectivity index (χ4v) is 3.27. The van der Waals surface area contributed by atoms with E-state index in [0.29, 0.717) is 5.56 Å². The summed E-state index contributed by atoms with van der Waals surface area (Å²) in [6.07, 6.45) is 1.47. The molecule has 2 aromatic rings. The quantitative estimate of drug-likeness (QED) is 0.614. The van der Waals surface area contributed by atoms with E-state index in [-0.39, 0.29) is 16.3 Å². The first kappa shape index (κ1) is 19.6. The SMILES string of the molecule is CCN(CC)c1ccc(C=C2C(=O)NC(=O)N(c3ccccc3Cl)C2=O)cc1. The molecule has 1 heterocycles. The van der Waals surface area contributed by atoms with Gasteiger partial charge in [-0.05, 0) is 49.8 Å². The summed E-state index contributed by atoms with van der Waals surface area (Å²) in [7, 11) is 0. The first-order valence-electron chi connectivity index (χ1n) is 8.97. The predicted molar refractivity (Wildman–Crippen MR) is 110 cm³/mol. The molecule has 3 rings (SSSR count). The molecule has 144 valence electrons. The number of carbonyl (C=O) groups is 3. The van der Waals surface area contributed by atoms with Crippen molar-refractivity contribution in [1.82, 2.24) is 5.32 Å². The van der Waals surface area contributed by atoms with Crippen LogP contribution < -0.4 is 15.1 Å². The largest absolute Gasteiger partial charge is 0.372 e. The Balaban J connectivity index is 1.94. The first-order chi connectivity index (χ1) is 13.5. The Morgan fingerprint density at radius 2 is 1.64 bits per heavy atom. The molecule has 6 nitrogen and oxygen atoms in total. The third-order valence-electron chi connectivity index (χ3n) is 4.53. The second-order valence-corrected chi connectivity index (χ2v) is 6.58. The van der Waals surface area contributed by atoms with Crippen LogP contribution in [0.1, 0.15) is 19.4 Å². The average Bonchev–Trinajstić information content (AvgIpc) is 2.68. The minimum Gasteiger partial charge on any atom is -0.372 e. The first-order valence-corrected chi connectivity index (χ1v) is 9.35. The Kier molecular flexibility index (Phi) is 5.80. The van der Waals surface area contributed by atoms with Crippen molar-refractivity contribution in [1.29, 1.82) is 0 Å². The van der Waals surface area contributed by atoms with Gasteiger partial charge in [0, 0.05) is 18.8 Å². The van der Waals surface area contributed by atoms with E-state index in [4.69, 9.17) is 11.6 Å². The number of amides is 4. The summed E-state index contributed by atoms with van der Waals surface area (Å²) in [4.78, 5) is 40.4. The maximum atomic E-state index is 12.9. The number of anilines is 2. The minimum atomic E-state index is -0.822. The van der Waals surface area contributed by atoms with Gasteiger partial charge in [0.25, 0.3) is 11.8 Å². The Labute approximate surface area is 168 Å². The number of imide groups is 2. The summed E-state index contributed by atoms with van der Waals surface area (Å²) in [6.45, 7) is 5.91. The van der Waals surface area contributed by atoms with Crippen LogP contribution in [0.4, 0.5) is 16.2 Å². The van der Waals surface area contributed by atoms with Crippen LogP contribution in [0.2, 0.25) is 5.02 Å². The number of halogens is 1. The summed E-state index contributed by atoms with van der Waals surface area (Å²) in [6, 6.07) is 13.2. The van der Waals surface area contributed by atoms with Crippen LogP contribution in [-0.2, 0) is 9.59 Å². The van der Waals surface area contributed by atoms with E-state index in [1.54, 1.807) is 24.3 Å². The Bertz CT molecular complexity index is 950. The Hall–Kier alpha value is -3.12. The number of barbiturate groups is 1. The molecule has 0 radical (unpaired) electrons. The van der Waals surface area contributed by atoms with Gasteiger partial charge in [-0.3, -0.25) is 14.9 Å². The second kappa shape index (κ2) is 8.27. The summed E-state index contributed by atoms with van der Waals surface area (Å²) in [5.74, 6) is -1.44. The normalized spacial score (nSPS) is 15.8. The number of urea groups is 1. The molecular weight excluding hydrogens is 378 g/mol. The van der Waals surface area contributed by atoms with E-state index < -0.39 is 17.8 Å². The van der Waals surface area contributed by atoms with E-state index >= 15 is 0 Å². The zero-order valence-electron chi connectivity index (χ0n) is 15.6. The monoisotopic (exact) mass is 397 g/mol. The second-order valence-electron chi connectivity index (χ2n) is 6.17. The molecule has 2 aromatic carbocycles. The van der Waals surface area contributed by atoms with Crippen molar-refractivity contribution in [2.24, 2.45) is 0 Å². The third kappa shape index (κ3) is 3.77. The molecule has 1 N–H and O–H groups in total.